The van der Waals surface area contributed by atoms with Gasteiger partial charge in [-0.1, -0.05) is 43.0 Å². The van der Waals surface area contributed by atoms with Crippen molar-refractivity contribution in [2.24, 2.45) is 0 Å². The second kappa shape index (κ2) is 12.4. The van der Waals surface area contributed by atoms with E-state index in [9.17, 15) is 14.4 Å². The van der Waals surface area contributed by atoms with Crippen molar-refractivity contribution in [3.05, 3.63) is 41.5 Å². The van der Waals surface area contributed by atoms with Gasteiger partial charge < -0.3 is 25.4 Å². The summed E-state index contributed by atoms with van der Waals surface area (Å²) in [5.41, 5.74) is 0.972. The summed E-state index contributed by atoms with van der Waals surface area (Å²) in [6.07, 6.45) is 6.31. The summed E-state index contributed by atoms with van der Waals surface area (Å²) in [6, 6.07) is 7.38. The minimum Gasteiger partial charge on any atom is -0.352 e. The van der Waals surface area contributed by atoms with Crippen molar-refractivity contribution in [1.82, 2.24) is 25.7 Å². The van der Waals surface area contributed by atoms with Crippen molar-refractivity contribution in [3.63, 3.8) is 0 Å². The minimum absolute atomic E-state index is 0.0979. The zero-order chi connectivity index (χ0) is 25.3. The normalized spacial score (nSPS) is 15.3. The first kappa shape index (κ1) is 26.3. The summed E-state index contributed by atoms with van der Waals surface area (Å²) in [5.74, 6) is 0.531. The Labute approximate surface area is 206 Å². The second-order valence-electron chi connectivity index (χ2n) is 9.45. The zero-order valence-corrected chi connectivity index (χ0v) is 20.9. The minimum atomic E-state index is -0.598. The predicted molar refractivity (Wildman–Crippen MR) is 131 cm³/mol. The average molecular weight is 485 g/mol. The van der Waals surface area contributed by atoms with E-state index in [0.717, 1.165) is 44.1 Å². The third kappa shape index (κ3) is 8.17. The number of likely N-dealkylation sites (N-methyl/N-ethyl adjacent to an activating group) is 1. The Bertz CT molecular complexity index is 1010. The molecule has 0 atom stereocenters. The number of nitrogens with zero attached hydrogens (tertiary/aromatic N) is 3. The van der Waals surface area contributed by atoms with E-state index in [0.29, 0.717) is 36.9 Å². The first-order valence-electron chi connectivity index (χ1n) is 12.2. The third-order valence-corrected chi connectivity index (χ3v) is 5.99. The third-order valence-electron chi connectivity index (χ3n) is 5.99. The Hall–Kier alpha value is -3.27. The maximum absolute atomic E-state index is 12.4. The van der Waals surface area contributed by atoms with E-state index >= 15 is 0 Å². The van der Waals surface area contributed by atoms with Gasteiger partial charge in [-0.2, -0.15) is 4.98 Å². The lowest BCUT2D eigenvalue weighted by Gasteiger charge is -2.30. The molecule has 190 valence electrons. The van der Waals surface area contributed by atoms with Gasteiger partial charge in [0.15, 0.2) is 5.82 Å². The number of aryl methyl sites for hydroxylation is 1. The number of benzene rings is 1. The number of nitrogens with one attached hydrogen (secondary N) is 3. The van der Waals surface area contributed by atoms with E-state index in [1.165, 1.54) is 6.92 Å². The Kier molecular flexibility index (Phi) is 9.36. The van der Waals surface area contributed by atoms with E-state index in [-0.39, 0.29) is 24.1 Å². The van der Waals surface area contributed by atoms with Crippen LogP contribution >= 0.6 is 0 Å². The van der Waals surface area contributed by atoms with Crippen molar-refractivity contribution < 1.29 is 18.9 Å². The molecule has 1 aromatic carbocycles. The van der Waals surface area contributed by atoms with Crippen LogP contribution in [0.15, 0.2) is 28.8 Å². The maximum atomic E-state index is 12.4. The molecule has 3 N–H and O–H groups in total. The van der Waals surface area contributed by atoms with Crippen LogP contribution in [0.3, 0.4) is 0 Å². The van der Waals surface area contributed by atoms with Gasteiger partial charge in [0.25, 0.3) is 0 Å². The Balaban J connectivity index is 1.51. The molecule has 3 amide bonds. The molecule has 10 heteroatoms. The molecule has 1 heterocycles. The smallest absolute Gasteiger partial charge is 0.238 e. The number of hydrogen-bond donors (Lipinski definition) is 3. The molecule has 0 aliphatic heterocycles. The van der Waals surface area contributed by atoms with Crippen molar-refractivity contribution in [2.45, 2.75) is 70.4 Å². The highest BCUT2D eigenvalue weighted by Crippen LogP contribution is 2.34. The number of amides is 3. The number of hydrogen-bond acceptors (Lipinski definition) is 7. The number of aromatic nitrogens is 2. The van der Waals surface area contributed by atoms with Gasteiger partial charge in [0.05, 0.1) is 6.54 Å². The highest BCUT2D eigenvalue weighted by Gasteiger charge is 2.38. The summed E-state index contributed by atoms with van der Waals surface area (Å²) in [5, 5.41) is 13.0. The number of carbonyl (C=O) groups excluding carboxylic acids is 3. The lowest BCUT2D eigenvalue weighted by molar-refractivity contribution is -0.122. The van der Waals surface area contributed by atoms with Crippen molar-refractivity contribution in [1.29, 1.82) is 0 Å². The summed E-state index contributed by atoms with van der Waals surface area (Å²) >= 11 is 0. The predicted octanol–water partition coefficient (Wildman–Crippen LogP) is 2.50. The average Bonchev–Trinajstić information content (AvgIpc) is 3.15. The van der Waals surface area contributed by atoms with Crippen molar-refractivity contribution >= 4 is 23.4 Å². The molecule has 1 aliphatic rings. The highest BCUT2D eigenvalue weighted by atomic mass is 16.5. The van der Waals surface area contributed by atoms with Gasteiger partial charge in [-0.3, -0.25) is 14.4 Å². The van der Waals surface area contributed by atoms with Crippen LogP contribution in [0.2, 0.25) is 0 Å². The number of carbonyl (C=O) groups is 3. The van der Waals surface area contributed by atoms with E-state index in [1.807, 2.05) is 38.4 Å². The van der Waals surface area contributed by atoms with Crippen LogP contribution in [0.1, 0.15) is 69.1 Å². The van der Waals surface area contributed by atoms with Crippen LogP contribution in [-0.2, 0) is 32.9 Å². The standard InChI is InChI=1S/C25H36N6O4/c1-18(32)29-25(13-6-4-5-7-14-25)24-28-23(35-30-24)12-11-21(33)26-16-19-9-8-10-20(15-19)27-22(34)17-31(2)3/h8-10,15H,4-7,11-14,16-17H2,1-3H3,(H,26,33)(H,27,34)(H,29,32). The van der Waals surface area contributed by atoms with Gasteiger partial charge in [-0.05, 0) is 44.6 Å². The molecule has 1 saturated carbocycles. The molecular weight excluding hydrogens is 448 g/mol. The highest BCUT2D eigenvalue weighted by molar-refractivity contribution is 5.92. The molecule has 35 heavy (non-hydrogen) atoms. The van der Waals surface area contributed by atoms with E-state index in [4.69, 9.17) is 4.52 Å². The molecule has 0 saturated heterocycles. The SMILES string of the molecule is CC(=O)NC1(c2noc(CCC(=O)NCc3cccc(NC(=O)CN(C)C)c3)n2)CCCCCC1. The fraction of sp³-hybridized carbons (Fsp3) is 0.560. The molecule has 1 aliphatic carbocycles. The molecule has 1 fully saturated rings. The zero-order valence-electron chi connectivity index (χ0n) is 20.9. The first-order chi connectivity index (χ1) is 16.8. The van der Waals surface area contributed by atoms with E-state index in [1.54, 1.807) is 4.90 Å². The monoisotopic (exact) mass is 484 g/mol. The van der Waals surface area contributed by atoms with E-state index < -0.39 is 5.54 Å². The Morgan fingerprint density at radius 3 is 2.51 bits per heavy atom. The lowest BCUT2D eigenvalue weighted by Crippen LogP contribution is -2.45. The molecule has 3 rings (SSSR count). The topological polar surface area (TPSA) is 129 Å². The van der Waals surface area contributed by atoms with Gasteiger partial charge in [-0.25, -0.2) is 0 Å². The van der Waals surface area contributed by atoms with Gasteiger partial charge in [0, 0.05) is 32.0 Å². The van der Waals surface area contributed by atoms with Crippen LogP contribution < -0.4 is 16.0 Å². The van der Waals surface area contributed by atoms with Crippen LogP contribution in [0, 0.1) is 0 Å². The molecule has 0 radical (unpaired) electrons. The van der Waals surface area contributed by atoms with Crippen LogP contribution in [0.25, 0.3) is 0 Å². The summed E-state index contributed by atoms with van der Waals surface area (Å²) in [6.45, 7) is 2.15. The molecular formula is C25H36N6O4. The molecule has 2 aromatic rings. The fourth-order valence-corrected chi connectivity index (χ4v) is 4.38. The quantitative estimate of drug-likeness (QED) is 0.442. The number of rotatable bonds is 10. The lowest BCUT2D eigenvalue weighted by atomic mass is 9.89. The first-order valence-corrected chi connectivity index (χ1v) is 12.2. The Morgan fingerprint density at radius 2 is 1.83 bits per heavy atom. The van der Waals surface area contributed by atoms with Crippen LogP contribution in [0.5, 0.6) is 0 Å². The van der Waals surface area contributed by atoms with Gasteiger partial charge in [-0.15, -0.1) is 0 Å². The molecule has 0 spiro atoms. The molecule has 1 aromatic heterocycles. The van der Waals surface area contributed by atoms with Crippen LogP contribution in [-0.4, -0.2) is 53.4 Å². The van der Waals surface area contributed by atoms with Crippen LogP contribution in [0.4, 0.5) is 5.69 Å². The summed E-state index contributed by atoms with van der Waals surface area (Å²) < 4.78 is 5.42. The van der Waals surface area contributed by atoms with E-state index in [2.05, 4.69) is 26.1 Å². The fourth-order valence-electron chi connectivity index (χ4n) is 4.38. The summed E-state index contributed by atoms with van der Waals surface area (Å²) in [7, 11) is 3.66. The largest absolute Gasteiger partial charge is 0.352 e. The second-order valence-corrected chi connectivity index (χ2v) is 9.45. The van der Waals surface area contributed by atoms with Crippen molar-refractivity contribution in [3.8, 4) is 0 Å². The van der Waals surface area contributed by atoms with Crippen molar-refractivity contribution in [2.75, 3.05) is 26.0 Å². The van der Waals surface area contributed by atoms with Gasteiger partial charge >= 0.3 is 0 Å². The Morgan fingerprint density at radius 1 is 1.09 bits per heavy atom. The van der Waals surface area contributed by atoms with Gasteiger partial charge in [0.2, 0.25) is 23.6 Å². The number of anilines is 1. The molecule has 0 bridgehead atoms. The molecule has 0 unspecified atom stereocenters. The molecule has 10 nitrogen and oxygen atoms in total. The maximum Gasteiger partial charge on any atom is 0.238 e. The van der Waals surface area contributed by atoms with Gasteiger partial charge in [0.1, 0.15) is 5.54 Å². The summed E-state index contributed by atoms with van der Waals surface area (Å²) in [4.78, 5) is 42.5.